The molecule has 4 nitrogen and oxygen atoms in total. The summed E-state index contributed by atoms with van der Waals surface area (Å²) in [5, 5.41) is 0.581. The Labute approximate surface area is 105 Å². The highest BCUT2D eigenvalue weighted by Gasteiger charge is 2.32. The highest BCUT2D eigenvalue weighted by molar-refractivity contribution is 6.31. The lowest BCUT2D eigenvalue weighted by Crippen LogP contribution is -2.47. The van der Waals surface area contributed by atoms with Gasteiger partial charge in [0, 0.05) is 18.1 Å². The van der Waals surface area contributed by atoms with E-state index >= 15 is 0 Å². The molecule has 0 aromatic heterocycles. The van der Waals surface area contributed by atoms with Gasteiger partial charge in [0.1, 0.15) is 5.75 Å². The van der Waals surface area contributed by atoms with E-state index in [4.69, 9.17) is 22.1 Å². The Morgan fingerprint density at radius 2 is 2.29 bits per heavy atom. The number of benzene rings is 1. The highest BCUT2D eigenvalue weighted by Crippen LogP contribution is 2.36. The minimum Gasteiger partial charge on any atom is -0.478 e. The van der Waals surface area contributed by atoms with Crippen LogP contribution >= 0.6 is 11.6 Å². The number of amides is 1. The zero-order chi connectivity index (χ0) is 12.4. The number of halogens is 1. The minimum atomic E-state index is -0.421. The van der Waals surface area contributed by atoms with Crippen molar-refractivity contribution in [3.8, 4) is 5.75 Å². The fourth-order valence-corrected chi connectivity index (χ4v) is 2.08. The molecule has 5 heteroatoms. The molecule has 2 N–H and O–H groups in total. The van der Waals surface area contributed by atoms with E-state index in [0.717, 1.165) is 0 Å². The van der Waals surface area contributed by atoms with Crippen LogP contribution in [0.1, 0.15) is 13.3 Å². The molecule has 0 radical (unpaired) electrons. The lowest BCUT2D eigenvalue weighted by molar-refractivity contribution is -0.126. The third-order valence-electron chi connectivity index (χ3n) is 2.75. The van der Waals surface area contributed by atoms with Crippen molar-refractivity contribution in [2.75, 3.05) is 18.0 Å². The second kappa shape index (κ2) is 4.94. The van der Waals surface area contributed by atoms with Crippen LogP contribution < -0.4 is 15.4 Å². The van der Waals surface area contributed by atoms with E-state index in [1.807, 2.05) is 6.92 Å². The second-order valence-electron chi connectivity index (χ2n) is 3.91. The van der Waals surface area contributed by atoms with E-state index in [9.17, 15) is 4.79 Å². The summed E-state index contributed by atoms with van der Waals surface area (Å²) < 4.78 is 5.63. The van der Waals surface area contributed by atoms with E-state index < -0.39 is 6.10 Å². The largest absolute Gasteiger partial charge is 0.478 e. The summed E-state index contributed by atoms with van der Waals surface area (Å²) in [4.78, 5) is 13.8. The van der Waals surface area contributed by atoms with Crippen LogP contribution in [0.3, 0.4) is 0 Å². The van der Waals surface area contributed by atoms with Gasteiger partial charge in [-0.25, -0.2) is 0 Å². The summed E-state index contributed by atoms with van der Waals surface area (Å²) >= 11 is 5.94. The third kappa shape index (κ3) is 2.23. The average molecular weight is 255 g/mol. The zero-order valence-electron chi connectivity index (χ0n) is 9.65. The SMILES string of the molecule is CCC1Oc2ccc(Cl)cc2N(CCN)C1=O. The van der Waals surface area contributed by atoms with Crippen LogP contribution in [-0.2, 0) is 4.79 Å². The monoisotopic (exact) mass is 254 g/mol. The molecule has 0 saturated heterocycles. The second-order valence-corrected chi connectivity index (χ2v) is 4.34. The Morgan fingerprint density at radius 3 is 2.94 bits per heavy atom. The van der Waals surface area contributed by atoms with Crippen LogP contribution in [0.15, 0.2) is 18.2 Å². The average Bonchev–Trinajstić information content (AvgIpc) is 2.33. The minimum absolute atomic E-state index is 0.0484. The van der Waals surface area contributed by atoms with Crippen molar-refractivity contribution in [2.24, 2.45) is 5.73 Å². The fraction of sp³-hybridized carbons (Fsp3) is 0.417. The Kier molecular flexibility index (Phi) is 3.54. The van der Waals surface area contributed by atoms with E-state index in [0.29, 0.717) is 36.0 Å². The third-order valence-corrected chi connectivity index (χ3v) is 2.98. The quantitative estimate of drug-likeness (QED) is 0.895. The molecular formula is C12H15ClN2O2. The van der Waals surface area contributed by atoms with Crippen LogP contribution in [0.25, 0.3) is 0 Å². The molecular weight excluding hydrogens is 240 g/mol. The lowest BCUT2D eigenvalue weighted by atomic mass is 10.1. The van der Waals surface area contributed by atoms with Gasteiger partial charge >= 0.3 is 0 Å². The number of nitrogens with two attached hydrogens (primary N) is 1. The van der Waals surface area contributed by atoms with Crippen LogP contribution in [0.4, 0.5) is 5.69 Å². The number of nitrogens with zero attached hydrogens (tertiary/aromatic N) is 1. The molecule has 92 valence electrons. The fourth-order valence-electron chi connectivity index (χ4n) is 1.92. The predicted octanol–water partition coefficient (Wildman–Crippen LogP) is 1.80. The topological polar surface area (TPSA) is 55.6 Å². The number of ether oxygens (including phenoxy) is 1. The van der Waals surface area contributed by atoms with Gasteiger partial charge in [0.05, 0.1) is 5.69 Å². The van der Waals surface area contributed by atoms with Crippen LogP contribution in [-0.4, -0.2) is 25.1 Å². The molecule has 1 aromatic carbocycles. The molecule has 1 unspecified atom stereocenters. The Balaban J connectivity index is 2.43. The van der Waals surface area contributed by atoms with Crippen molar-refractivity contribution in [1.82, 2.24) is 0 Å². The van der Waals surface area contributed by atoms with Crippen LogP contribution in [0, 0.1) is 0 Å². The van der Waals surface area contributed by atoms with Gasteiger partial charge in [-0.1, -0.05) is 18.5 Å². The van der Waals surface area contributed by atoms with E-state index in [1.54, 1.807) is 23.1 Å². The lowest BCUT2D eigenvalue weighted by Gasteiger charge is -2.33. The molecule has 1 aromatic rings. The Bertz CT molecular complexity index is 437. The molecule has 1 heterocycles. The molecule has 0 fully saturated rings. The van der Waals surface area contributed by atoms with Gasteiger partial charge in [-0.2, -0.15) is 0 Å². The zero-order valence-corrected chi connectivity index (χ0v) is 10.4. The summed E-state index contributed by atoms with van der Waals surface area (Å²) in [6.45, 7) is 2.81. The maximum absolute atomic E-state index is 12.1. The number of fused-ring (bicyclic) bond motifs is 1. The smallest absolute Gasteiger partial charge is 0.268 e. The summed E-state index contributed by atoms with van der Waals surface area (Å²) in [5.74, 6) is 0.641. The van der Waals surface area contributed by atoms with E-state index in [1.165, 1.54) is 0 Å². The van der Waals surface area contributed by atoms with Gasteiger partial charge in [0.15, 0.2) is 6.10 Å². The Hall–Kier alpha value is -1.26. The summed E-state index contributed by atoms with van der Waals surface area (Å²) in [5.41, 5.74) is 6.24. The summed E-state index contributed by atoms with van der Waals surface area (Å²) in [7, 11) is 0. The van der Waals surface area contributed by atoms with E-state index in [2.05, 4.69) is 0 Å². The molecule has 2 rings (SSSR count). The normalized spacial score (nSPS) is 18.9. The van der Waals surface area contributed by atoms with Crippen molar-refractivity contribution >= 4 is 23.2 Å². The highest BCUT2D eigenvalue weighted by atomic mass is 35.5. The molecule has 1 aliphatic rings. The maximum atomic E-state index is 12.1. The number of carbonyl (C=O) groups excluding carboxylic acids is 1. The van der Waals surface area contributed by atoms with Gasteiger partial charge in [-0.15, -0.1) is 0 Å². The molecule has 0 spiro atoms. The first-order valence-corrected chi connectivity index (χ1v) is 6.02. The van der Waals surface area contributed by atoms with Crippen molar-refractivity contribution in [1.29, 1.82) is 0 Å². The number of hydrogen-bond donors (Lipinski definition) is 1. The molecule has 0 saturated carbocycles. The first-order valence-electron chi connectivity index (χ1n) is 5.65. The standard InChI is InChI=1S/C12H15ClN2O2/c1-2-10-12(16)15(6-5-14)9-7-8(13)3-4-11(9)17-10/h3-4,7,10H,2,5-6,14H2,1H3. The van der Waals surface area contributed by atoms with Gasteiger partial charge in [-0.3, -0.25) is 4.79 Å². The van der Waals surface area contributed by atoms with Crippen molar-refractivity contribution < 1.29 is 9.53 Å². The molecule has 1 amide bonds. The van der Waals surface area contributed by atoms with Crippen LogP contribution in [0.2, 0.25) is 5.02 Å². The first kappa shape index (κ1) is 12.2. The maximum Gasteiger partial charge on any atom is 0.268 e. The predicted molar refractivity (Wildman–Crippen MR) is 67.6 cm³/mol. The van der Waals surface area contributed by atoms with Gasteiger partial charge < -0.3 is 15.4 Å². The van der Waals surface area contributed by atoms with Crippen molar-refractivity contribution in [3.63, 3.8) is 0 Å². The van der Waals surface area contributed by atoms with Crippen LogP contribution in [0.5, 0.6) is 5.75 Å². The molecule has 0 bridgehead atoms. The van der Waals surface area contributed by atoms with Crippen molar-refractivity contribution in [2.45, 2.75) is 19.4 Å². The molecule has 1 aliphatic heterocycles. The van der Waals surface area contributed by atoms with E-state index in [-0.39, 0.29) is 5.91 Å². The number of carbonyl (C=O) groups is 1. The number of anilines is 1. The molecule has 17 heavy (non-hydrogen) atoms. The molecule has 0 aliphatic carbocycles. The number of rotatable bonds is 3. The molecule has 1 atom stereocenters. The summed E-state index contributed by atoms with van der Waals surface area (Å²) in [6, 6.07) is 5.27. The van der Waals surface area contributed by atoms with Crippen molar-refractivity contribution in [3.05, 3.63) is 23.2 Å². The van der Waals surface area contributed by atoms with Gasteiger partial charge in [0.25, 0.3) is 5.91 Å². The number of hydrogen-bond acceptors (Lipinski definition) is 3. The van der Waals surface area contributed by atoms with Gasteiger partial charge in [0.2, 0.25) is 0 Å². The Morgan fingerprint density at radius 1 is 1.53 bits per heavy atom. The van der Waals surface area contributed by atoms with Gasteiger partial charge in [-0.05, 0) is 24.6 Å². The first-order chi connectivity index (χ1) is 8.17. The summed E-state index contributed by atoms with van der Waals surface area (Å²) in [6.07, 6.45) is 0.220.